The second-order valence-corrected chi connectivity index (χ2v) is 8.67. The SMILES string of the molecule is CC(C)c1nnc2c(NCc3ccccc3)nc(N3CCCC3CO)n(C(C)C)c1-2. The molecule has 7 heteroatoms. The van der Waals surface area contributed by atoms with Gasteiger partial charge in [0.2, 0.25) is 5.95 Å². The molecule has 160 valence electrons. The van der Waals surface area contributed by atoms with Crippen LogP contribution in [-0.2, 0) is 6.54 Å². The largest absolute Gasteiger partial charge is 0.394 e. The third kappa shape index (κ3) is 3.74. The number of anilines is 2. The maximum atomic E-state index is 9.95. The molecule has 1 unspecified atom stereocenters. The van der Waals surface area contributed by atoms with Crippen LogP contribution in [0.15, 0.2) is 30.3 Å². The van der Waals surface area contributed by atoms with Crippen LogP contribution in [-0.4, -0.2) is 44.0 Å². The van der Waals surface area contributed by atoms with Crippen molar-refractivity contribution in [1.82, 2.24) is 19.7 Å². The minimum absolute atomic E-state index is 0.0975. The highest BCUT2D eigenvalue weighted by atomic mass is 16.3. The summed E-state index contributed by atoms with van der Waals surface area (Å²) in [6, 6.07) is 10.6. The summed E-state index contributed by atoms with van der Waals surface area (Å²) in [6.07, 6.45) is 2.04. The third-order valence-corrected chi connectivity index (χ3v) is 5.83. The van der Waals surface area contributed by atoms with Gasteiger partial charge in [0, 0.05) is 19.1 Å². The Labute approximate surface area is 178 Å². The third-order valence-electron chi connectivity index (χ3n) is 5.83. The van der Waals surface area contributed by atoms with Crippen LogP contribution >= 0.6 is 0 Å². The molecular formula is C23H32N6O. The number of fused-ring (bicyclic) bond motifs is 1. The highest BCUT2D eigenvalue weighted by Crippen LogP contribution is 2.39. The molecule has 3 aliphatic heterocycles. The number of benzene rings is 1. The number of nitrogens with zero attached hydrogens (tertiary/aromatic N) is 5. The summed E-state index contributed by atoms with van der Waals surface area (Å²) in [4.78, 5) is 7.31. The Morgan fingerprint density at radius 2 is 1.90 bits per heavy atom. The van der Waals surface area contributed by atoms with Gasteiger partial charge in [-0.25, -0.2) is 0 Å². The van der Waals surface area contributed by atoms with Gasteiger partial charge in [0.15, 0.2) is 11.5 Å². The summed E-state index contributed by atoms with van der Waals surface area (Å²) >= 11 is 0. The minimum atomic E-state index is 0.0975. The molecule has 3 heterocycles. The predicted octanol–water partition coefficient (Wildman–Crippen LogP) is 4.06. The first-order chi connectivity index (χ1) is 14.5. The van der Waals surface area contributed by atoms with E-state index in [1.54, 1.807) is 0 Å². The zero-order chi connectivity index (χ0) is 21.3. The van der Waals surface area contributed by atoms with E-state index in [0.29, 0.717) is 6.54 Å². The van der Waals surface area contributed by atoms with Gasteiger partial charge in [-0.3, -0.25) is 0 Å². The summed E-state index contributed by atoms with van der Waals surface area (Å²) in [5.41, 5.74) is 4.04. The van der Waals surface area contributed by atoms with Crippen molar-refractivity contribution in [2.75, 3.05) is 23.4 Å². The normalized spacial score (nSPS) is 16.9. The Kier molecular flexibility index (Phi) is 5.90. The second kappa shape index (κ2) is 8.60. The molecule has 0 aliphatic carbocycles. The molecule has 0 bridgehead atoms. The average Bonchev–Trinajstić information content (AvgIpc) is 3.39. The van der Waals surface area contributed by atoms with E-state index in [1.807, 2.05) is 18.2 Å². The predicted molar refractivity (Wildman–Crippen MR) is 120 cm³/mol. The summed E-state index contributed by atoms with van der Waals surface area (Å²) in [6.45, 7) is 10.3. The molecule has 7 nitrogen and oxygen atoms in total. The molecule has 1 fully saturated rings. The lowest BCUT2D eigenvalue weighted by Gasteiger charge is -2.31. The fourth-order valence-electron chi connectivity index (χ4n) is 4.30. The molecule has 0 saturated carbocycles. The highest BCUT2D eigenvalue weighted by Gasteiger charge is 2.33. The first kappa shape index (κ1) is 20.6. The van der Waals surface area contributed by atoms with Crippen LogP contribution in [0, 0.1) is 0 Å². The molecule has 1 aromatic carbocycles. The molecule has 1 atom stereocenters. The number of hydrogen-bond acceptors (Lipinski definition) is 6. The second-order valence-electron chi connectivity index (χ2n) is 8.67. The van der Waals surface area contributed by atoms with Gasteiger partial charge in [0.1, 0.15) is 0 Å². The van der Waals surface area contributed by atoms with Gasteiger partial charge in [0.05, 0.1) is 24.0 Å². The fraction of sp³-hybridized carbons (Fsp3) is 0.522. The van der Waals surface area contributed by atoms with Crippen molar-refractivity contribution in [3.05, 3.63) is 41.6 Å². The molecule has 2 N–H and O–H groups in total. The van der Waals surface area contributed by atoms with E-state index in [4.69, 9.17) is 4.98 Å². The van der Waals surface area contributed by atoms with Gasteiger partial charge in [-0.15, -0.1) is 5.10 Å². The Morgan fingerprint density at radius 1 is 1.13 bits per heavy atom. The number of rotatable bonds is 7. The zero-order valence-electron chi connectivity index (χ0n) is 18.3. The number of nitrogens with one attached hydrogen (secondary N) is 1. The van der Waals surface area contributed by atoms with Gasteiger partial charge in [0.25, 0.3) is 0 Å². The van der Waals surface area contributed by atoms with Crippen LogP contribution in [0.1, 0.15) is 63.8 Å². The van der Waals surface area contributed by atoms with E-state index >= 15 is 0 Å². The van der Waals surface area contributed by atoms with Gasteiger partial charge in [-0.2, -0.15) is 10.1 Å². The molecule has 0 radical (unpaired) electrons. The first-order valence-corrected chi connectivity index (χ1v) is 10.9. The molecule has 30 heavy (non-hydrogen) atoms. The molecule has 0 aromatic heterocycles. The lowest BCUT2D eigenvalue weighted by molar-refractivity contribution is 0.264. The van der Waals surface area contributed by atoms with Crippen molar-refractivity contribution in [2.45, 2.75) is 65.1 Å². The standard InChI is InChI=1S/C23H32N6O/c1-15(2)19-21-20(27-26-19)22(24-13-17-9-6-5-7-10-17)25-23(29(21)16(3)4)28-12-8-11-18(28)14-30/h5-7,9-10,15-16,18,24,30H,8,11-14H2,1-4H3. The first-order valence-electron chi connectivity index (χ1n) is 10.9. The highest BCUT2D eigenvalue weighted by molar-refractivity contribution is 5.75. The summed E-state index contributed by atoms with van der Waals surface area (Å²) in [5.74, 6) is 1.90. The smallest absolute Gasteiger partial charge is 0.208 e. The van der Waals surface area contributed by atoms with Crippen molar-refractivity contribution in [3.63, 3.8) is 0 Å². The summed E-state index contributed by atoms with van der Waals surface area (Å²) in [7, 11) is 0. The van der Waals surface area contributed by atoms with Crippen LogP contribution in [0.4, 0.5) is 11.8 Å². The van der Waals surface area contributed by atoms with Gasteiger partial charge < -0.3 is 19.9 Å². The maximum Gasteiger partial charge on any atom is 0.208 e. The van der Waals surface area contributed by atoms with E-state index in [1.165, 1.54) is 5.56 Å². The van der Waals surface area contributed by atoms with Crippen molar-refractivity contribution in [3.8, 4) is 11.4 Å². The van der Waals surface area contributed by atoms with Crippen molar-refractivity contribution in [2.24, 2.45) is 0 Å². The minimum Gasteiger partial charge on any atom is -0.394 e. The summed E-state index contributed by atoms with van der Waals surface area (Å²) < 4.78 is 2.26. The van der Waals surface area contributed by atoms with Crippen LogP contribution < -0.4 is 10.2 Å². The molecule has 0 spiro atoms. The van der Waals surface area contributed by atoms with Crippen molar-refractivity contribution >= 4 is 11.8 Å². The number of aliphatic hydroxyl groups is 1. The van der Waals surface area contributed by atoms with Crippen LogP contribution in [0.2, 0.25) is 0 Å². The quantitative estimate of drug-likeness (QED) is 0.614. The molecule has 1 aromatic rings. The van der Waals surface area contributed by atoms with Gasteiger partial charge in [-0.05, 0) is 38.2 Å². The molecule has 0 amide bonds. The van der Waals surface area contributed by atoms with Crippen molar-refractivity contribution < 1.29 is 5.11 Å². The average molecular weight is 409 g/mol. The lowest BCUT2D eigenvalue weighted by atomic mass is 10.1. The fourth-order valence-corrected chi connectivity index (χ4v) is 4.30. The van der Waals surface area contributed by atoms with E-state index in [2.05, 4.69) is 64.8 Å². The van der Waals surface area contributed by atoms with Gasteiger partial charge in [-0.1, -0.05) is 44.2 Å². The van der Waals surface area contributed by atoms with Crippen LogP contribution in [0.25, 0.3) is 11.4 Å². The monoisotopic (exact) mass is 408 g/mol. The van der Waals surface area contributed by atoms with Crippen molar-refractivity contribution in [1.29, 1.82) is 0 Å². The van der Waals surface area contributed by atoms with Crippen LogP contribution in [0.5, 0.6) is 0 Å². The number of hydrogen-bond donors (Lipinski definition) is 2. The zero-order valence-corrected chi connectivity index (χ0v) is 18.3. The van der Waals surface area contributed by atoms with Gasteiger partial charge >= 0.3 is 0 Å². The Hall–Kier alpha value is -2.67. The Morgan fingerprint density at radius 3 is 2.57 bits per heavy atom. The van der Waals surface area contributed by atoms with E-state index in [0.717, 1.165) is 48.2 Å². The number of aromatic nitrogens is 4. The van der Waals surface area contributed by atoms with E-state index < -0.39 is 0 Å². The maximum absolute atomic E-state index is 9.95. The molecule has 3 aliphatic rings. The molecular weight excluding hydrogens is 376 g/mol. The van der Waals surface area contributed by atoms with Crippen LogP contribution in [0.3, 0.4) is 0 Å². The number of aliphatic hydroxyl groups excluding tert-OH is 1. The molecule has 4 rings (SSSR count). The molecule has 1 saturated heterocycles. The summed E-state index contributed by atoms with van der Waals surface area (Å²) in [5, 5.41) is 22.5. The topological polar surface area (TPSA) is 79.1 Å². The van der Waals surface area contributed by atoms with E-state index in [-0.39, 0.29) is 24.6 Å². The lowest BCUT2D eigenvalue weighted by Crippen LogP contribution is -2.36. The Balaban J connectivity index is 1.85. The van der Waals surface area contributed by atoms with E-state index in [9.17, 15) is 5.11 Å². The Bertz CT molecular complexity index is 952.